The van der Waals surface area contributed by atoms with Crippen LogP contribution in [0.15, 0.2) is 15.9 Å². The number of fused-ring (bicyclic) bond motifs is 1. The fourth-order valence-electron chi connectivity index (χ4n) is 2.55. The molecule has 0 amide bonds. The zero-order valence-corrected chi connectivity index (χ0v) is 13.7. The second kappa shape index (κ2) is 7.26. The van der Waals surface area contributed by atoms with Gasteiger partial charge in [0, 0.05) is 26.6 Å². The van der Waals surface area contributed by atoms with Crippen LogP contribution in [0.2, 0.25) is 0 Å². The van der Waals surface area contributed by atoms with Crippen LogP contribution in [0.5, 0.6) is 0 Å². The van der Waals surface area contributed by atoms with Gasteiger partial charge in [0.15, 0.2) is 11.2 Å². The van der Waals surface area contributed by atoms with Gasteiger partial charge >= 0.3 is 11.7 Å². The number of nitrogens with zero attached hydrogens (tertiary/aromatic N) is 4. The molecule has 0 fully saturated rings. The van der Waals surface area contributed by atoms with E-state index >= 15 is 0 Å². The Hall–Kier alpha value is -2.38. The Balaban J connectivity index is 2.39. The minimum Gasteiger partial charge on any atom is -0.466 e. The molecule has 126 valence electrons. The third-order valence-electron chi connectivity index (χ3n) is 3.60. The molecule has 0 saturated carbocycles. The molecule has 0 aliphatic heterocycles. The quantitative estimate of drug-likeness (QED) is 0.698. The summed E-state index contributed by atoms with van der Waals surface area (Å²) in [5.41, 5.74) is 0.0494. The summed E-state index contributed by atoms with van der Waals surface area (Å²) in [4.78, 5) is 40.7. The van der Waals surface area contributed by atoms with E-state index in [1.807, 2.05) is 6.92 Å². The van der Waals surface area contributed by atoms with Gasteiger partial charge in [-0.3, -0.25) is 18.7 Å². The molecule has 0 spiro atoms. The van der Waals surface area contributed by atoms with Gasteiger partial charge < -0.3 is 9.30 Å². The standard InChI is InChI=1S/C15H22N4O4/c1-4-8-18-13-12(17(3)10-16-13)14(21)19(15(18)22)9-6-7-11(20)23-5-2/h10H,4-9H2,1-3H3. The molecule has 2 aromatic rings. The van der Waals surface area contributed by atoms with E-state index in [-0.39, 0.29) is 30.2 Å². The third-order valence-corrected chi connectivity index (χ3v) is 3.60. The molecule has 0 unspecified atom stereocenters. The number of hydrogen-bond donors (Lipinski definition) is 0. The average Bonchev–Trinajstić information content (AvgIpc) is 2.89. The van der Waals surface area contributed by atoms with E-state index in [4.69, 9.17) is 4.74 Å². The molecule has 0 N–H and O–H groups in total. The van der Waals surface area contributed by atoms with Crippen molar-refractivity contribution in [2.24, 2.45) is 7.05 Å². The molecule has 8 heteroatoms. The van der Waals surface area contributed by atoms with Crippen LogP contribution < -0.4 is 11.2 Å². The highest BCUT2D eigenvalue weighted by Gasteiger charge is 2.16. The van der Waals surface area contributed by atoms with Crippen LogP contribution in [-0.2, 0) is 29.7 Å². The molecule has 0 aromatic carbocycles. The van der Waals surface area contributed by atoms with Crippen LogP contribution in [0, 0.1) is 0 Å². The monoisotopic (exact) mass is 322 g/mol. The molecule has 2 rings (SSSR count). The highest BCUT2D eigenvalue weighted by Crippen LogP contribution is 2.06. The van der Waals surface area contributed by atoms with Gasteiger partial charge in [-0.15, -0.1) is 0 Å². The van der Waals surface area contributed by atoms with Gasteiger partial charge in [-0.1, -0.05) is 6.92 Å². The van der Waals surface area contributed by atoms with Gasteiger partial charge in [-0.25, -0.2) is 9.78 Å². The molecule has 2 heterocycles. The molecule has 2 aromatic heterocycles. The van der Waals surface area contributed by atoms with Crippen molar-refractivity contribution in [3.63, 3.8) is 0 Å². The maximum Gasteiger partial charge on any atom is 0.332 e. The average molecular weight is 322 g/mol. The van der Waals surface area contributed by atoms with Gasteiger partial charge in [0.2, 0.25) is 0 Å². The first-order chi connectivity index (χ1) is 11.0. The van der Waals surface area contributed by atoms with Gasteiger partial charge in [0.1, 0.15) is 0 Å². The zero-order chi connectivity index (χ0) is 17.0. The molecule has 0 bridgehead atoms. The minimum absolute atomic E-state index is 0.178. The lowest BCUT2D eigenvalue weighted by atomic mass is 10.3. The predicted octanol–water partition coefficient (Wildman–Crippen LogP) is 0.650. The lowest BCUT2D eigenvalue weighted by Gasteiger charge is -2.11. The number of aromatic nitrogens is 4. The first-order valence-corrected chi connectivity index (χ1v) is 7.81. The highest BCUT2D eigenvalue weighted by molar-refractivity contribution is 5.70. The maximum absolute atomic E-state index is 12.6. The zero-order valence-electron chi connectivity index (χ0n) is 13.7. The topological polar surface area (TPSA) is 88.1 Å². The Morgan fingerprint density at radius 3 is 2.61 bits per heavy atom. The summed E-state index contributed by atoms with van der Waals surface area (Å²) in [5, 5.41) is 0. The van der Waals surface area contributed by atoms with Gasteiger partial charge in [-0.05, 0) is 19.8 Å². The summed E-state index contributed by atoms with van der Waals surface area (Å²) in [5.74, 6) is -0.323. The van der Waals surface area contributed by atoms with Gasteiger partial charge in [-0.2, -0.15) is 0 Å². The fourth-order valence-corrected chi connectivity index (χ4v) is 2.55. The number of hydrogen-bond acceptors (Lipinski definition) is 5. The first kappa shape index (κ1) is 17.0. The van der Waals surface area contributed by atoms with Crippen LogP contribution in [0.3, 0.4) is 0 Å². The minimum atomic E-state index is -0.382. The molecule has 0 radical (unpaired) electrons. The summed E-state index contributed by atoms with van der Waals surface area (Å²) in [6.07, 6.45) is 2.84. The summed E-state index contributed by atoms with van der Waals surface area (Å²) in [6.45, 7) is 4.69. The van der Waals surface area contributed by atoms with Crippen molar-refractivity contribution >= 4 is 17.1 Å². The number of ether oxygens (including phenoxy) is 1. The van der Waals surface area contributed by atoms with Crippen LogP contribution in [0.25, 0.3) is 11.2 Å². The van der Waals surface area contributed by atoms with Crippen molar-refractivity contribution in [2.45, 2.75) is 46.2 Å². The molecular weight excluding hydrogens is 300 g/mol. The van der Waals surface area contributed by atoms with Crippen LogP contribution in [-0.4, -0.2) is 31.3 Å². The Labute approximate surface area is 133 Å². The van der Waals surface area contributed by atoms with E-state index in [1.165, 1.54) is 15.5 Å². The lowest BCUT2D eigenvalue weighted by Crippen LogP contribution is -2.40. The normalized spacial score (nSPS) is 11.1. The second-order valence-corrected chi connectivity index (χ2v) is 5.33. The van der Waals surface area contributed by atoms with E-state index in [1.54, 1.807) is 18.5 Å². The summed E-state index contributed by atoms with van der Waals surface area (Å²) < 4.78 is 9.17. The van der Waals surface area contributed by atoms with Crippen molar-refractivity contribution in [3.8, 4) is 0 Å². The molecule has 8 nitrogen and oxygen atoms in total. The van der Waals surface area contributed by atoms with Crippen molar-refractivity contribution in [2.75, 3.05) is 6.61 Å². The molecular formula is C15H22N4O4. The smallest absolute Gasteiger partial charge is 0.332 e. The van der Waals surface area contributed by atoms with Crippen molar-refractivity contribution in [3.05, 3.63) is 27.2 Å². The van der Waals surface area contributed by atoms with Gasteiger partial charge in [0.05, 0.1) is 12.9 Å². The number of aryl methyl sites for hydroxylation is 2. The van der Waals surface area contributed by atoms with E-state index in [9.17, 15) is 14.4 Å². The number of imidazole rings is 1. The Morgan fingerprint density at radius 2 is 1.96 bits per heavy atom. The maximum atomic E-state index is 12.6. The van der Waals surface area contributed by atoms with Crippen LogP contribution >= 0.6 is 0 Å². The molecule has 0 saturated heterocycles. The van der Waals surface area contributed by atoms with Crippen molar-refractivity contribution in [1.82, 2.24) is 18.7 Å². The molecule has 0 aliphatic rings. The molecule has 0 aliphatic carbocycles. The first-order valence-electron chi connectivity index (χ1n) is 7.81. The number of carbonyl (C=O) groups is 1. The number of carbonyl (C=O) groups excluding carboxylic acids is 1. The summed E-state index contributed by atoms with van der Waals surface area (Å²) >= 11 is 0. The highest BCUT2D eigenvalue weighted by atomic mass is 16.5. The number of rotatable bonds is 7. The predicted molar refractivity (Wildman–Crippen MR) is 85.4 cm³/mol. The largest absolute Gasteiger partial charge is 0.466 e. The number of esters is 1. The molecule has 0 atom stereocenters. The SMILES string of the molecule is CCCn1c(=O)n(CCCC(=O)OCC)c(=O)c2c1ncn2C. The Bertz CT molecular complexity index is 815. The van der Waals surface area contributed by atoms with Crippen LogP contribution in [0.1, 0.15) is 33.1 Å². The fraction of sp³-hybridized carbons (Fsp3) is 0.600. The van der Waals surface area contributed by atoms with E-state index in [2.05, 4.69) is 4.98 Å². The Morgan fingerprint density at radius 1 is 1.22 bits per heavy atom. The van der Waals surface area contributed by atoms with E-state index in [0.717, 1.165) is 6.42 Å². The third kappa shape index (κ3) is 3.35. The van der Waals surface area contributed by atoms with E-state index < -0.39 is 0 Å². The van der Waals surface area contributed by atoms with Crippen molar-refractivity contribution < 1.29 is 9.53 Å². The molecule has 23 heavy (non-hydrogen) atoms. The van der Waals surface area contributed by atoms with E-state index in [0.29, 0.717) is 30.7 Å². The Kier molecular flexibility index (Phi) is 5.36. The van der Waals surface area contributed by atoms with Gasteiger partial charge in [0.25, 0.3) is 5.56 Å². The van der Waals surface area contributed by atoms with Crippen molar-refractivity contribution in [1.29, 1.82) is 0 Å². The van der Waals surface area contributed by atoms with Crippen LogP contribution in [0.4, 0.5) is 0 Å². The lowest BCUT2D eigenvalue weighted by molar-refractivity contribution is -0.143. The second-order valence-electron chi connectivity index (χ2n) is 5.33. The summed E-state index contributed by atoms with van der Waals surface area (Å²) in [6, 6.07) is 0. The summed E-state index contributed by atoms with van der Waals surface area (Å²) in [7, 11) is 1.72.